The molecular formula is C37H41N13O7. The van der Waals surface area contributed by atoms with E-state index in [0.717, 1.165) is 0 Å². The van der Waals surface area contributed by atoms with Gasteiger partial charge in [-0.3, -0.25) is 48.5 Å². The highest BCUT2D eigenvalue weighted by molar-refractivity contribution is 6.05. The van der Waals surface area contributed by atoms with E-state index >= 15 is 0 Å². The zero-order chi connectivity index (χ0) is 41.0. The molecule has 296 valence electrons. The molecule has 0 saturated carbocycles. The minimum Gasteiger partial charge on any atom is -0.491 e. The van der Waals surface area contributed by atoms with Crippen molar-refractivity contribution in [2.45, 2.75) is 66.7 Å². The minimum absolute atomic E-state index is 0.00652. The van der Waals surface area contributed by atoms with Crippen molar-refractivity contribution >= 4 is 63.7 Å². The number of carbonyl (C=O) groups is 5. The fourth-order valence-corrected chi connectivity index (χ4v) is 6.20. The summed E-state index contributed by atoms with van der Waals surface area (Å²) in [5, 5.41) is 23.6. The van der Waals surface area contributed by atoms with E-state index in [1.54, 1.807) is 56.6 Å². The third kappa shape index (κ3) is 8.48. The third-order valence-electron chi connectivity index (χ3n) is 8.82. The van der Waals surface area contributed by atoms with Crippen molar-refractivity contribution < 1.29 is 33.8 Å². The summed E-state index contributed by atoms with van der Waals surface area (Å²) in [6.45, 7) is 8.43. The van der Waals surface area contributed by atoms with Crippen LogP contribution in [-0.2, 0) is 31.0 Å². The summed E-state index contributed by atoms with van der Waals surface area (Å²) in [7, 11) is 0. The molecule has 6 rings (SSSR count). The van der Waals surface area contributed by atoms with Gasteiger partial charge in [0, 0.05) is 44.4 Å². The molecule has 0 unspecified atom stereocenters. The van der Waals surface area contributed by atoms with Crippen LogP contribution in [0, 0.1) is 13.8 Å². The first-order valence-electron chi connectivity index (χ1n) is 18.0. The number of imidazole rings is 2. The van der Waals surface area contributed by atoms with Gasteiger partial charge in [-0.05, 0) is 64.4 Å². The van der Waals surface area contributed by atoms with Crippen molar-refractivity contribution in [2.75, 3.05) is 17.2 Å². The summed E-state index contributed by atoms with van der Waals surface area (Å²) in [5.41, 5.74) is 14.7. The molecule has 0 atom stereocenters. The van der Waals surface area contributed by atoms with Gasteiger partial charge in [0.05, 0.1) is 29.1 Å². The maximum atomic E-state index is 13.6. The number of amides is 4. The number of carbonyl (C=O) groups excluding carboxylic acids is 4. The maximum Gasteiger partial charge on any atom is 0.303 e. The summed E-state index contributed by atoms with van der Waals surface area (Å²) < 4.78 is 12.5. The number of anilines is 2. The van der Waals surface area contributed by atoms with Gasteiger partial charge in [0.1, 0.15) is 28.2 Å². The van der Waals surface area contributed by atoms with Gasteiger partial charge in [-0.2, -0.15) is 10.2 Å². The van der Waals surface area contributed by atoms with Gasteiger partial charge >= 0.3 is 5.97 Å². The van der Waals surface area contributed by atoms with Crippen LogP contribution in [0.15, 0.2) is 48.7 Å². The average molecular weight is 780 g/mol. The van der Waals surface area contributed by atoms with Crippen molar-refractivity contribution in [3.05, 3.63) is 82.6 Å². The summed E-state index contributed by atoms with van der Waals surface area (Å²) in [6, 6.07) is 7.71. The molecule has 0 radical (unpaired) electrons. The molecule has 0 bridgehead atoms. The van der Waals surface area contributed by atoms with Gasteiger partial charge < -0.3 is 25.9 Å². The molecule has 7 N–H and O–H groups in total. The molecule has 20 nitrogen and oxygen atoms in total. The number of nitrogens with one attached hydrogen (secondary N) is 2. The predicted molar refractivity (Wildman–Crippen MR) is 207 cm³/mol. The fraction of sp³-hybridized carbons (Fsp3) is 0.297. The number of nitrogens with two attached hydrogens (primary N) is 2. The lowest BCUT2D eigenvalue weighted by Gasteiger charge is -2.13. The first kappa shape index (κ1) is 39.3. The van der Waals surface area contributed by atoms with Crippen LogP contribution in [-0.4, -0.2) is 85.0 Å². The SMILES string of the molecule is CCn1nc(C)cc1C(=O)Nc1nc2cc(C(N)=O)cnc2n1C/C=C/Cn1c(NC(=O)c2cc(C)nn2CC)nc2cc(C(N)=O)cc(OCCCC(=O)O)c21. The first-order chi connectivity index (χ1) is 27.3. The Labute approximate surface area is 324 Å². The number of benzene rings is 1. The number of nitrogens with zero attached hydrogens (tertiary/aromatic N) is 9. The number of carboxylic acid groups (broad SMARTS) is 1. The Morgan fingerprint density at radius 3 is 1.88 bits per heavy atom. The molecule has 1 aromatic carbocycles. The van der Waals surface area contributed by atoms with Crippen LogP contribution in [0.2, 0.25) is 0 Å². The lowest BCUT2D eigenvalue weighted by molar-refractivity contribution is -0.137. The summed E-state index contributed by atoms with van der Waals surface area (Å²) in [5.74, 6) is -2.90. The van der Waals surface area contributed by atoms with Crippen LogP contribution in [0.4, 0.5) is 11.9 Å². The van der Waals surface area contributed by atoms with E-state index in [0.29, 0.717) is 52.5 Å². The minimum atomic E-state index is -0.990. The smallest absolute Gasteiger partial charge is 0.303 e. The zero-order valence-corrected chi connectivity index (χ0v) is 31.6. The van der Waals surface area contributed by atoms with Gasteiger partial charge in [-0.1, -0.05) is 12.2 Å². The quantitative estimate of drug-likeness (QED) is 0.0660. The normalized spacial score (nSPS) is 11.4. The molecule has 5 heterocycles. The number of fused-ring (bicyclic) bond motifs is 2. The number of aromatic nitrogens is 9. The van der Waals surface area contributed by atoms with E-state index in [-0.39, 0.29) is 66.8 Å². The maximum absolute atomic E-state index is 13.6. The van der Waals surface area contributed by atoms with Gasteiger partial charge in [-0.25, -0.2) is 15.0 Å². The predicted octanol–water partition coefficient (Wildman–Crippen LogP) is 3.03. The highest BCUT2D eigenvalue weighted by Gasteiger charge is 2.23. The Kier molecular flexibility index (Phi) is 11.4. The van der Waals surface area contributed by atoms with E-state index in [9.17, 15) is 24.0 Å². The number of ether oxygens (including phenoxy) is 1. The lowest BCUT2D eigenvalue weighted by atomic mass is 10.1. The molecule has 20 heteroatoms. The number of aliphatic carboxylic acids is 1. The second kappa shape index (κ2) is 16.6. The van der Waals surface area contributed by atoms with Crippen LogP contribution < -0.4 is 26.8 Å². The Hall–Kier alpha value is -7.38. The molecule has 0 fully saturated rings. The van der Waals surface area contributed by atoms with Gasteiger partial charge in [-0.15, -0.1) is 0 Å². The zero-order valence-electron chi connectivity index (χ0n) is 31.6. The summed E-state index contributed by atoms with van der Waals surface area (Å²) in [4.78, 5) is 76.1. The Morgan fingerprint density at radius 1 is 0.772 bits per heavy atom. The Balaban J connectivity index is 1.38. The average Bonchev–Trinajstić information content (AvgIpc) is 3.93. The number of pyridine rings is 1. The lowest BCUT2D eigenvalue weighted by Crippen LogP contribution is -2.20. The molecule has 0 saturated heterocycles. The number of rotatable bonds is 17. The summed E-state index contributed by atoms with van der Waals surface area (Å²) in [6.07, 6.45) is 4.92. The van der Waals surface area contributed by atoms with Crippen LogP contribution in [0.1, 0.15) is 79.8 Å². The van der Waals surface area contributed by atoms with Gasteiger partial charge in [0.15, 0.2) is 5.65 Å². The molecular weight excluding hydrogens is 738 g/mol. The molecule has 57 heavy (non-hydrogen) atoms. The number of hydrogen-bond acceptors (Lipinski definition) is 11. The van der Waals surface area contributed by atoms with Crippen LogP contribution >= 0.6 is 0 Å². The number of allylic oxidation sites excluding steroid dienone is 2. The molecule has 4 amide bonds. The van der Waals surface area contributed by atoms with Crippen LogP contribution in [0.25, 0.3) is 22.2 Å². The second-order valence-corrected chi connectivity index (χ2v) is 12.9. The molecule has 0 spiro atoms. The van der Waals surface area contributed by atoms with E-state index in [1.165, 1.54) is 24.4 Å². The van der Waals surface area contributed by atoms with Crippen molar-refractivity contribution in [2.24, 2.45) is 11.5 Å². The van der Waals surface area contributed by atoms with Crippen molar-refractivity contribution in [3.8, 4) is 5.75 Å². The van der Waals surface area contributed by atoms with E-state index < -0.39 is 29.6 Å². The number of aryl methyl sites for hydroxylation is 4. The summed E-state index contributed by atoms with van der Waals surface area (Å²) >= 11 is 0. The monoisotopic (exact) mass is 779 g/mol. The van der Waals surface area contributed by atoms with Crippen molar-refractivity contribution in [1.29, 1.82) is 0 Å². The number of primary amides is 2. The highest BCUT2D eigenvalue weighted by Crippen LogP contribution is 2.32. The number of carboxylic acids is 1. The molecule has 0 aliphatic heterocycles. The number of hydrogen-bond donors (Lipinski definition) is 5. The fourth-order valence-electron chi connectivity index (χ4n) is 6.20. The molecule has 0 aliphatic carbocycles. The molecule has 0 aliphatic rings. The first-order valence-corrected chi connectivity index (χ1v) is 18.0. The van der Waals surface area contributed by atoms with Crippen LogP contribution in [0.5, 0.6) is 5.75 Å². The highest BCUT2D eigenvalue weighted by atomic mass is 16.5. The largest absolute Gasteiger partial charge is 0.491 e. The van der Waals surface area contributed by atoms with Gasteiger partial charge in [0.25, 0.3) is 11.8 Å². The van der Waals surface area contributed by atoms with Crippen LogP contribution in [0.3, 0.4) is 0 Å². The van der Waals surface area contributed by atoms with Crippen molar-refractivity contribution in [1.82, 2.24) is 43.6 Å². The topological polar surface area (TPSA) is 275 Å². The molecule has 5 aromatic heterocycles. The Morgan fingerprint density at radius 2 is 1.32 bits per heavy atom. The van der Waals surface area contributed by atoms with Gasteiger partial charge in [0.2, 0.25) is 23.7 Å². The van der Waals surface area contributed by atoms with E-state index in [4.69, 9.17) is 21.3 Å². The van der Waals surface area contributed by atoms with Crippen molar-refractivity contribution in [3.63, 3.8) is 0 Å². The standard InChI is InChI=1S/C37H41N13O7/c1-5-49-26(14-20(3)45-49)34(55)43-36-41-24-16-22(31(38)53)18-28(57-13-9-10-29(51)52)30(24)47(36)11-7-8-12-48-33-25(17-23(19-40-33)32(39)54)42-37(48)44-35(56)27-15-21(4)46-50(27)6-2/h7-8,14-19H,5-6,9-13H2,1-4H3,(H2,38,53)(H2,39,54)(H,51,52)(H,41,43,55)(H,42,44,56)/b8-7+. The van der Waals surface area contributed by atoms with E-state index in [2.05, 4.69) is 35.8 Å². The second-order valence-electron chi connectivity index (χ2n) is 12.9. The third-order valence-corrected chi connectivity index (χ3v) is 8.82. The molecule has 6 aromatic rings. The Bertz CT molecular complexity index is 2580. The van der Waals surface area contributed by atoms with E-state index in [1.807, 2.05) is 13.8 Å².